The number of nitrogens with zero attached hydrogens (tertiary/aromatic N) is 1. The average molecular weight is 219 g/mol. The Labute approximate surface area is 96.3 Å². The van der Waals surface area contributed by atoms with Gasteiger partial charge in [0.05, 0.1) is 17.8 Å². The van der Waals surface area contributed by atoms with Gasteiger partial charge in [0.25, 0.3) is 0 Å². The van der Waals surface area contributed by atoms with Gasteiger partial charge >= 0.3 is 0 Å². The summed E-state index contributed by atoms with van der Waals surface area (Å²) < 4.78 is 5.44. The molecule has 3 nitrogen and oxygen atoms in total. The Morgan fingerprint density at radius 1 is 1.44 bits per heavy atom. The molecule has 0 spiro atoms. The van der Waals surface area contributed by atoms with Gasteiger partial charge in [-0.25, -0.2) is 0 Å². The number of hydrogen-bond acceptors (Lipinski definition) is 3. The Hall–Kier alpha value is -1.53. The van der Waals surface area contributed by atoms with Crippen LogP contribution < -0.4 is 4.74 Å². The van der Waals surface area contributed by atoms with Crippen molar-refractivity contribution in [3.63, 3.8) is 0 Å². The topological polar surface area (TPSA) is 53.2 Å². The van der Waals surface area contributed by atoms with E-state index in [4.69, 9.17) is 10.00 Å². The summed E-state index contributed by atoms with van der Waals surface area (Å²) in [6.07, 6.45) is 0.901. The standard InChI is InChI=1S/C13H17NO2/c1-4-7-16-12-6-5-11(13(2,3)15)8-10(12)9-14/h5-6,8,15H,4,7H2,1-3H3. The van der Waals surface area contributed by atoms with Crippen molar-refractivity contribution >= 4 is 0 Å². The molecule has 0 unspecified atom stereocenters. The predicted molar refractivity (Wildman–Crippen MR) is 62.2 cm³/mol. The van der Waals surface area contributed by atoms with Gasteiger partial charge in [-0.15, -0.1) is 0 Å². The Balaban J connectivity index is 3.04. The fourth-order valence-corrected chi connectivity index (χ4v) is 1.34. The fraction of sp³-hybridized carbons (Fsp3) is 0.462. The van der Waals surface area contributed by atoms with Crippen LogP contribution in [0, 0.1) is 11.3 Å². The van der Waals surface area contributed by atoms with Crippen molar-refractivity contribution in [2.24, 2.45) is 0 Å². The zero-order chi connectivity index (χ0) is 12.2. The maximum Gasteiger partial charge on any atom is 0.137 e. The van der Waals surface area contributed by atoms with Crippen LogP contribution in [0.25, 0.3) is 0 Å². The lowest BCUT2D eigenvalue weighted by molar-refractivity contribution is 0.0785. The lowest BCUT2D eigenvalue weighted by Crippen LogP contribution is -2.15. The molecule has 0 aromatic heterocycles. The molecule has 0 aliphatic rings. The number of benzene rings is 1. The highest BCUT2D eigenvalue weighted by molar-refractivity contribution is 5.46. The predicted octanol–water partition coefficient (Wildman–Crippen LogP) is 2.57. The van der Waals surface area contributed by atoms with Crippen LogP contribution in [0.15, 0.2) is 18.2 Å². The van der Waals surface area contributed by atoms with E-state index in [0.717, 1.165) is 6.42 Å². The molecule has 86 valence electrons. The van der Waals surface area contributed by atoms with Crippen molar-refractivity contribution in [2.45, 2.75) is 32.8 Å². The zero-order valence-corrected chi connectivity index (χ0v) is 9.95. The van der Waals surface area contributed by atoms with Gasteiger partial charge in [-0.05, 0) is 38.0 Å². The average Bonchev–Trinajstić information content (AvgIpc) is 2.24. The molecule has 0 saturated heterocycles. The van der Waals surface area contributed by atoms with Crippen LogP contribution in [0.4, 0.5) is 0 Å². The van der Waals surface area contributed by atoms with Crippen LogP contribution >= 0.6 is 0 Å². The fourth-order valence-electron chi connectivity index (χ4n) is 1.34. The van der Waals surface area contributed by atoms with Gasteiger partial charge in [0, 0.05) is 0 Å². The summed E-state index contributed by atoms with van der Waals surface area (Å²) in [5.74, 6) is 0.581. The Morgan fingerprint density at radius 3 is 2.62 bits per heavy atom. The van der Waals surface area contributed by atoms with E-state index in [1.165, 1.54) is 0 Å². The van der Waals surface area contributed by atoms with Crippen LogP contribution in [-0.2, 0) is 5.60 Å². The third-order valence-electron chi connectivity index (χ3n) is 2.27. The second-order valence-electron chi connectivity index (χ2n) is 4.23. The molecule has 0 saturated carbocycles. The molecule has 0 aliphatic heterocycles. The molecular weight excluding hydrogens is 202 g/mol. The summed E-state index contributed by atoms with van der Waals surface area (Å²) in [5.41, 5.74) is 0.246. The summed E-state index contributed by atoms with van der Waals surface area (Å²) in [6.45, 7) is 5.99. The largest absolute Gasteiger partial charge is 0.492 e. The molecule has 0 atom stereocenters. The van der Waals surface area contributed by atoms with E-state index in [9.17, 15) is 5.11 Å². The third-order valence-corrected chi connectivity index (χ3v) is 2.27. The molecule has 0 bridgehead atoms. The molecular formula is C13H17NO2. The number of hydrogen-bond donors (Lipinski definition) is 1. The first kappa shape index (κ1) is 12.5. The summed E-state index contributed by atoms with van der Waals surface area (Å²) in [6, 6.07) is 7.27. The number of rotatable bonds is 4. The Kier molecular flexibility index (Phi) is 3.92. The molecule has 0 fully saturated rings. The molecule has 1 aromatic rings. The van der Waals surface area contributed by atoms with Crippen LogP contribution in [0.1, 0.15) is 38.3 Å². The SMILES string of the molecule is CCCOc1ccc(C(C)(C)O)cc1C#N. The Morgan fingerprint density at radius 2 is 2.12 bits per heavy atom. The van der Waals surface area contributed by atoms with E-state index in [0.29, 0.717) is 23.5 Å². The minimum Gasteiger partial charge on any atom is -0.492 e. The van der Waals surface area contributed by atoms with Crippen molar-refractivity contribution in [3.05, 3.63) is 29.3 Å². The van der Waals surface area contributed by atoms with Gasteiger partial charge in [0.2, 0.25) is 0 Å². The lowest BCUT2D eigenvalue weighted by atomic mass is 9.96. The van der Waals surface area contributed by atoms with E-state index in [1.807, 2.05) is 6.92 Å². The molecule has 0 heterocycles. The van der Waals surface area contributed by atoms with Gasteiger partial charge in [-0.1, -0.05) is 13.0 Å². The number of ether oxygens (including phenoxy) is 1. The molecule has 0 radical (unpaired) electrons. The summed E-state index contributed by atoms with van der Waals surface area (Å²) in [7, 11) is 0. The normalized spacial score (nSPS) is 10.9. The van der Waals surface area contributed by atoms with Crippen molar-refractivity contribution in [3.8, 4) is 11.8 Å². The minimum absolute atomic E-state index is 0.466. The first-order chi connectivity index (χ1) is 7.49. The summed E-state index contributed by atoms with van der Waals surface area (Å²) >= 11 is 0. The van der Waals surface area contributed by atoms with E-state index in [1.54, 1.807) is 32.0 Å². The second kappa shape index (κ2) is 5.00. The van der Waals surface area contributed by atoms with Gasteiger partial charge in [-0.2, -0.15) is 5.26 Å². The maximum atomic E-state index is 9.83. The van der Waals surface area contributed by atoms with Crippen molar-refractivity contribution in [1.82, 2.24) is 0 Å². The van der Waals surface area contributed by atoms with Crippen molar-refractivity contribution < 1.29 is 9.84 Å². The molecule has 1 aromatic carbocycles. The first-order valence-corrected chi connectivity index (χ1v) is 5.39. The van der Waals surface area contributed by atoms with E-state index in [-0.39, 0.29) is 0 Å². The van der Waals surface area contributed by atoms with E-state index in [2.05, 4.69) is 6.07 Å². The third kappa shape index (κ3) is 2.98. The summed E-state index contributed by atoms with van der Waals surface area (Å²) in [4.78, 5) is 0. The number of aliphatic hydroxyl groups is 1. The van der Waals surface area contributed by atoms with E-state index >= 15 is 0 Å². The highest BCUT2D eigenvalue weighted by Crippen LogP contribution is 2.26. The zero-order valence-electron chi connectivity index (χ0n) is 9.95. The monoisotopic (exact) mass is 219 g/mol. The summed E-state index contributed by atoms with van der Waals surface area (Å²) in [5, 5.41) is 18.8. The van der Waals surface area contributed by atoms with Gasteiger partial charge in [0.15, 0.2) is 0 Å². The van der Waals surface area contributed by atoms with Crippen LogP contribution in [0.2, 0.25) is 0 Å². The smallest absolute Gasteiger partial charge is 0.137 e. The van der Waals surface area contributed by atoms with Gasteiger partial charge in [0.1, 0.15) is 11.8 Å². The van der Waals surface area contributed by atoms with Gasteiger partial charge < -0.3 is 9.84 Å². The second-order valence-corrected chi connectivity index (χ2v) is 4.23. The molecule has 1 rings (SSSR count). The van der Waals surface area contributed by atoms with Crippen molar-refractivity contribution in [2.75, 3.05) is 6.61 Å². The molecule has 1 N–H and O–H groups in total. The first-order valence-electron chi connectivity index (χ1n) is 5.39. The number of nitriles is 1. The molecule has 16 heavy (non-hydrogen) atoms. The van der Waals surface area contributed by atoms with Crippen molar-refractivity contribution in [1.29, 1.82) is 5.26 Å². The molecule has 3 heteroatoms. The van der Waals surface area contributed by atoms with Crippen LogP contribution in [0.3, 0.4) is 0 Å². The Bertz CT molecular complexity index is 399. The maximum absolute atomic E-state index is 9.83. The highest BCUT2D eigenvalue weighted by atomic mass is 16.5. The molecule has 0 amide bonds. The van der Waals surface area contributed by atoms with E-state index < -0.39 is 5.60 Å². The quantitative estimate of drug-likeness (QED) is 0.846. The highest BCUT2D eigenvalue weighted by Gasteiger charge is 2.17. The minimum atomic E-state index is -0.936. The molecule has 0 aliphatic carbocycles. The van der Waals surface area contributed by atoms with Crippen LogP contribution in [-0.4, -0.2) is 11.7 Å². The lowest BCUT2D eigenvalue weighted by Gasteiger charge is -2.18. The van der Waals surface area contributed by atoms with Crippen LogP contribution in [0.5, 0.6) is 5.75 Å². The van der Waals surface area contributed by atoms with Gasteiger partial charge in [-0.3, -0.25) is 0 Å².